The second kappa shape index (κ2) is 8.00. The molecule has 0 spiro atoms. The maximum Gasteiger partial charge on any atom is 0.237 e. The summed E-state index contributed by atoms with van der Waals surface area (Å²) in [5.74, 6) is 1.78. The first-order valence-corrected chi connectivity index (χ1v) is 7.27. The minimum absolute atomic E-state index is 0. The number of hydrogen-bond donors (Lipinski definition) is 2. The zero-order chi connectivity index (χ0) is 12.1. The Balaban J connectivity index is 0.00000162. The Morgan fingerprint density at radius 2 is 2.06 bits per heavy atom. The van der Waals surface area contributed by atoms with E-state index >= 15 is 0 Å². The molecule has 3 atom stereocenters. The molecule has 3 nitrogen and oxygen atoms in total. The first kappa shape index (κ1) is 15.8. The lowest BCUT2D eigenvalue weighted by Crippen LogP contribution is -2.47. The molecule has 2 N–H and O–H groups in total. The summed E-state index contributed by atoms with van der Waals surface area (Å²) in [6, 6.07) is 0.0739. The summed E-state index contributed by atoms with van der Waals surface area (Å²) in [7, 11) is 0. The van der Waals surface area contributed by atoms with E-state index in [2.05, 4.69) is 17.6 Å². The second-order valence-corrected chi connectivity index (χ2v) is 5.89. The van der Waals surface area contributed by atoms with Gasteiger partial charge in [-0.05, 0) is 44.1 Å². The van der Waals surface area contributed by atoms with Gasteiger partial charge in [0.25, 0.3) is 0 Å². The maximum atomic E-state index is 11.9. The molecule has 106 valence electrons. The Kier molecular flexibility index (Phi) is 7.02. The quantitative estimate of drug-likeness (QED) is 0.830. The number of piperidine rings is 1. The second-order valence-electron chi connectivity index (χ2n) is 5.89. The van der Waals surface area contributed by atoms with E-state index in [-0.39, 0.29) is 24.4 Å². The van der Waals surface area contributed by atoms with Gasteiger partial charge in [0, 0.05) is 6.54 Å². The summed E-state index contributed by atoms with van der Waals surface area (Å²) in [4.78, 5) is 11.9. The average Bonchev–Trinajstić information content (AvgIpc) is 2.37. The van der Waals surface area contributed by atoms with Crippen LogP contribution in [0.4, 0.5) is 0 Å². The van der Waals surface area contributed by atoms with E-state index in [9.17, 15) is 4.79 Å². The van der Waals surface area contributed by atoms with Crippen molar-refractivity contribution in [3.63, 3.8) is 0 Å². The van der Waals surface area contributed by atoms with Crippen LogP contribution in [0.5, 0.6) is 0 Å². The molecule has 0 aromatic rings. The van der Waals surface area contributed by atoms with E-state index in [0.717, 1.165) is 25.4 Å². The van der Waals surface area contributed by atoms with E-state index < -0.39 is 0 Å². The standard InChI is InChI=1S/C14H26N2O.ClH/c1-11-5-4-6-12(9-11)10-16-14(17)13-7-2-3-8-15-13;/h11-13,15H,2-10H2,1H3,(H,16,17);1H. The normalized spacial score (nSPS) is 32.4. The van der Waals surface area contributed by atoms with Crippen molar-refractivity contribution in [2.75, 3.05) is 13.1 Å². The lowest BCUT2D eigenvalue weighted by molar-refractivity contribution is -0.123. The number of nitrogens with one attached hydrogen (secondary N) is 2. The van der Waals surface area contributed by atoms with E-state index in [0.29, 0.717) is 5.92 Å². The van der Waals surface area contributed by atoms with Crippen molar-refractivity contribution in [1.82, 2.24) is 10.6 Å². The number of carbonyl (C=O) groups is 1. The van der Waals surface area contributed by atoms with Gasteiger partial charge >= 0.3 is 0 Å². The van der Waals surface area contributed by atoms with Crippen molar-refractivity contribution in [3.05, 3.63) is 0 Å². The molecule has 1 saturated carbocycles. The molecule has 2 aliphatic rings. The van der Waals surface area contributed by atoms with Gasteiger partial charge in [-0.25, -0.2) is 0 Å². The SMILES string of the molecule is CC1CCCC(CNC(=O)C2CCCCN2)C1.Cl. The minimum Gasteiger partial charge on any atom is -0.354 e. The van der Waals surface area contributed by atoms with Crippen LogP contribution >= 0.6 is 12.4 Å². The van der Waals surface area contributed by atoms with Crippen molar-refractivity contribution < 1.29 is 4.79 Å². The molecule has 1 heterocycles. The predicted molar refractivity (Wildman–Crippen MR) is 77.0 cm³/mol. The molecule has 1 aliphatic carbocycles. The van der Waals surface area contributed by atoms with Crippen molar-refractivity contribution in [1.29, 1.82) is 0 Å². The molecule has 2 fully saturated rings. The van der Waals surface area contributed by atoms with Gasteiger partial charge in [0.15, 0.2) is 0 Å². The van der Waals surface area contributed by atoms with E-state index in [1.165, 1.54) is 38.5 Å². The van der Waals surface area contributed by atoms with Gasteiger partial charge in [-0.1, -0.05) is 26.2 Å². The fourth-order valence-electron chi connectivity index (χ4n) is 3.19. The fourth-order valence-corrected chi connectivity index (χ4v) is 3.19. The number of hydrogen-bond acceptors (Lipinski definition) is 2. The highest BCUT2D eigenvalue weighted by atomic mass is 35.5. The van der Waals surface area contributed by atoms with Crippen LogP contribution in [0.15, 0.2) is 0 Å². The molecular formula is C14H27ClN2O. The van der Waals surface area contributed by atoms with Gasteiger partial charge in [0.2, 0.25) is 5.91 Å². The summed E-state index contributed by atoms with van der Waals surface area (Å²) in [5.41, 5.74) is 0. The van der Waals surface area contributed by atoms with Crippen LogP contribution in [0, 0.1) is 11.8 Å². The van der Waals surface area contributed by atoms with Crippen LogP contribution in [0.2, 0.25) is 0 Å². The van der Waals surface area contributed by atoms with Crippen LogP contribution in [0.3, 0.4) is 0 Å². The zero-order valence-corrected chi connectivity index (χ0v) is 12.2. The molecular weight excluding hydrogens is 248 g/mol. The third-order valence-corrected chi connectivity index (χ3v) is 4.24. The minimum atomic E-state index is 0. The third kappa shape index (κ3) is 4.77. The van der Waals surface area contributed by atoms with Crippen molar-refractivity contribution >= 4 is 18.3 Å². The first-order valence-electron chi connectivity index (χ1n) is 7.27. The van der Waals surface area contributed by atoms with Gasteiger partial charge in [-0.2, -0.15) is 0 Å². The number of amides is 1. The van der Waals surface area contributed by atoms with Gasteiger partial charge in [0.1, 0.15) is 0 Å². The summed E-state index contributed by atoms with van der Waals surface area (Å²) in [6.07, 6.45) is 8.70. The molecule has 3 unspecified atom stereocenters. The van der Waals surface area contributed by atoms with Crippen LogP contribution < -0.4 is 10.6 Å². The Hall–Kier alpha value is -0.280. The highest BCUT2D eigenvalue weighted by Gasteiger charge is 2.23. The summed E-state index contributed by atoms with van der Waals surface area (Å²) >= 11 is 0. The molecule has 2 rings (SSSR count). The van der Waals surface area contributed by atoms with E-state index in [1.54, 1.807) is 0 Å². The van der Waals surface area contributed by atoms with Gasteiger partial charge in [-0.3, -0.25) is 4.79 Å². The average molecular weight is 275 g/mol. The lowest BCUT2D eigenvalue weighted by atomic mass is 9.82. The molecule has 18 heavy (non-hydrogen) atoms. The summed E-state index contributed by atoms with van der Waals surface area (Å²) < 4.78 is 0. The highest BCUT2D eigenvalue weighted by Crippen LogP contribution is 2.27. The van der Waals surface area contributed by atoms with Crippen LogP contribution in [0.25, 0.3) is 0 Å². The first-order chi connectivity index (χ1) is 8.25. The predicted octanol–water partition coefficient (Wildman–Crippen LogP) is 2.49. The molecule has 0 bridgehead atoms. The Bertz CT molecular complexity index is 254. The molecule has 1 saturated heterocycles. The Morgan fingerprint density at radius 3 is 2.72 bits per heavy atom. The topological polar surface area (TPSA) is 41.1 Å². The van der Waals surface area contributed by atoms with Crippen molar-refractivity contribution in [2.24, 2.45) is 11.8 Å². The lowest BCUT2D eigenvalue weighted by Gasteiger charge is -2.28. The summed E-state index contributed by atoms with van der Waals surface area (Å²) in [6.45, 7) is 4.22. The van der Waals surface area contributed by atoms with Crippen LogP contribution in [-0.4, -0.2) is 25.0 Å². The zero-order valence-electron chi connectivity index (χ0n) is 11.4. The monoisotopic (exact) mass is 274 g/mol. The van der Waals surface area contributed by atoms with E-state index in [4.69, 9.17) is 0 Å². The van der Waals surface area contributed by atoms with E-state index in [1.807, 2.05) is 0 Å². The Morgan fingerprint density at radius 1 is 1.22 bits per heavy atom. The van der Waals surface area contributed by atoms with Crippen molar-refractivity contribution in [3.8, 4) is 0 Å². The number of carbonyl (C=O) groups excluding carboxylic acids is 1. The maximum absolute atomic E-state index is 11.9. The molecule has 0 radical (unpaired) electrons. The molecule has 1 aliphatic heterocycles. The van der Waals surface area contributed by atoms with Crippen molar-refractivity contribution in [2.45, 2.75) is 57.9 Å². The van der Waals surface area contributed by atoms with Crippen LogP contribution in [0.1, 0.15) is 51.9 Å². The number of halogens is 1. The molecule has 0 aromatic carbocycles. The van der Waals surface area contributed by atoms with Gasteiger partial charge in [0.05, 0.1) is 6.04 Å². The van der Waals surface area contributed by atoms with Gasteiger partial charge < -0.3 is 10.6 Å². The highest BCUT2D eigenvalue weighted by molar-refractivity contribution is 5.85. The number of rotatable bonds is 3. The smallest absolute Gasteiger partial charge is 0.237 e. The Labute approximate surface area is 117 Å². The summed E-state index contributed by atoms with van der Waals surface area (Å²) in [5, 5.41) is 6.44. The van der Waals surface area contributed by atoms with Gasteiger partial charge in [-0.15, -0.1) is 12.4 Å². The third-order valence-electron chi connectivity index (χ3n) is 4.24. The fraction of sp³-hybridized carbons (Fsp3) is 0.929. The molecule has 1 amide bonds. The molecule has 4 heteroatoms. The largest absolute Gasteiger partial charge is 0.354 e. The molecule has 0 aromatic heterocycles. The van der Waals surface area contributed by atoms with Crippen LogP contribution in [-0.2, 0) is 4.79 Å².